The number of nitrogens with one attached hydrogen (secondary N) is 1. The lowest BCUT2D eigenvalue weighted by Crippen LogP contribution is -1.93. The van der Waals surface area contributed by atoms with Crippen LogP contribution in [0.3, 0.4) is 0 Å². The van der Waals surface area contributed by atoms with Crippen molar-refractivity contribution in [2.24, 2.45) is 0 Å². The van der Waals surface area contributed by atoms with E-state index in [1.807, 2.05) is 20.8 Å². The molecule has 0 heterocycles. The molecule has 0 aromatic heterocycles. The highest BCUT2D eigenvalue weighted by Gasteiger charge is 2.10. The number of allylic oxidation sites excluding steroid dienone is 1. The summed E-state index contributed by atoms with van der Waals surface area (Å²) in [6.45, 7) is 9.62. The van der Waals surface area contributed by atoms with Gasteiger partial charge in [-0.3, -0.25) is 10.1 Å². The molecule has 0 saturated heterocycles. The lowest BCUT2D eigenvalue weighted by molar-refractivity contribution is -0.384. The Hall–Kier alpha value is -0.760. The zero-order valence-electron chi connectivity index (χ0n) is 9.99. The van der Waals surface area contributed by atoms with Gasteiger partial charge in [0.25, 0.3) is 5.69 Å². The van der Waals surface area contributed by atoms with Crippen LogP contribution in [0.1, 0.15) is 26.3 Å². The summed E-state index contributed by atoms with van der Waals surface area (Å²) in [5, 5.41) is 10.6. The van der Waals surface area contributed by atoms with Gasteiger partial charge in [0.2, 0.25) is 0 Å². The fraction of sp³-hybridized carbons (Fsp3) is 0.273. The van der Waals surface area contributed by atoms with Gasteiger partial charge in [-0.25, -0.2) is 0 Å². The maximum atomic E-state index is 10.6. The first-order chi connectivity index (χ1) is 8.06. The van der Waals surface area contributed by atoms with Gasteiger partial charge in [0.1, 0.15) is 0 Å². The predicted octanol–water partition coefficient (Wildman–Crippen LogP) is 5.06. The van der Waals surface area contributed by atoms with Gasteiger partial charge in [0.05, 0.1) is 10.6 Å². The van der Waals surface area contributed by atoms with Crippen LogP contribution in [0.2, 0.25) is 0 Å². The summed E-state index contributed by atoms with van der Waals surface area (Å²) in [4.78, 5) is 10.2. The van der Waals surface area contributed by atoms with E-state index in [1.165, 1.54) is 21.3 Å². The summed E-state index contributed by atoms with van der Waals surface area (Å²) in [6.07, 6.45) is 0. The van der Waals surface area contributed by atoms with Crippen molar-refractivity contribution < 1.29 is 4.92 Å². The zero-order chi connectivity index (χ0) is 13.4. The molecule has 0 aliphatic rings. The van der Waals surface area contributed by atoms with Crippen LogP contribution >= 0.6 is 30.3 Å². The summed E-state index contributed by atoms with van der Waals surface area (Å²) in [5.74, 6) is 0. The molecule has 0 atom stereocenters. The summed E-state index contributed by atoms with van der Waals surface area (Å²) in [5.41, 5.74) is 2.49. The molecule has 0 spiro atoms. The minimum absolute atomic E-state index is 0.0806. The number of nitro groups is 1. The first kappa shape index (κ1) is 16.2. The van der Waals surface area contributed by atoms with Crippen LogP contribution in [-0.4, -0.2) is 4.92 Å². The van der Waals surface area contributed by atoms with E-state index in [0.717, 1.165) is 16.8 Å². The second kappa shape index (κ2) is 8.35. The lowest BCUT2D eigenvalue weighted by atomic mass is 10.1. The van der Waals surface area contributed by atoms with Gasteiger partial charge in [-0.15, -0.1) is 0 Å². The number of anilines is 1. The number of halogens is 1. The Bertz CT molecular complexity index is 410. The molecule has 0 unspecified atom stereocenters. The van der Waals surface area contributed by atoms with Crippen molar-refractivity contribution >= 4 is 47.3 Å². The van der Waals surface area contributed by atoms with E-state index in [9.17, 15) is 10.1 Å². The smallest absolute Gasteiger partial charge is 0.270 e. The van der Waals surface area contributed by atoms with Gasteiger partial charge in [-0.05, 0) is 18.6 Å². The molecule has 0 fully saturated rings. The molecule has 0 radical (unpaired) electrons. The molecule has 6 heteroatoms. The maximum absolute atomic E-state index is 10.6. The molecule has 94 valence electrons. The standard InChI is InChI=1S/C9H9IN2O2S.C2H6/c1-6(2)8-5-7(12(13)14)3-4-9(8)11-15-10;1-2/h3-5,11H,1H2,2H3;1-2H3. The second-order valence-electron chi connectivity index (χ2n) is 2.95. The maximum Gasteiger partial charge on any atom is 0.270 e. The van der Waals surface area contributed by atoms with Gasteiger partial charge in [0, 0.05) is 48.0 Å². The normalized spacial score (nSPS) is 8.94. The summed E-state index contributed by atoms with van der Waals surface area (Å²) >= 11 is 2.10. The third-order valence-electron chi connectivity index (χ3n) is 1.82. The first-order valence-corrected chi connectivity index (χ1v) is 8.40. The fourth-order valence-corrected chi connectivity index (χ4v) is 2.10. The van der Waals surface area contributed by atoms with E-state index >= 15 is 0 Å². The van der Waals surface area contributed by atoms with Crippen molar-refractivity contribution in [1.29, 1.82) is 0 Å². The molecule has 0 amide bonds. The summed E-state index contributed by atoms with van der Waals surface area (Å²) in [7, 11) is 1.41. The molecular formula is C11H15IN2O2S. The Morgan fingerprint density at radius 3 is 2.53 bits per heavy atom. The topological polar surface area (TPSA) is 55.2 Å². The van der Waals surface area contributed by atoms with E-state index in [1.54, 1.807) is 6.07 Å². The molecule has 0 aliphatic heterocycles. The molecule has 0 saturated carbocycles. The molecule has 1 aromatic rings. The SMILES string of the molecule is C=C(C)c1cc([N+](=O)[O-])ccc1NSI.CC. The van der Waals surface area contributed by atoms with Gasteiger partial charge in [-0.1, -0.05) is 20.4 Å². The minimum atomic E-state index is -0.409. The first-order valence-electron chi connectivity index (χ1n) is 5.04. The number of hydrogen-bond donors (Lipinski definition) is 1. The Balaban J connectivity index is 0.00000121. The van der Waals surface area contributed by atoms with Crippen molar-refractivity contribution in [3.8, 4) is 0 Å². The monoisotopic (exact) mass is 366 g/mol. The van der Waals surface area contributed by atoms with Gasteiger partial charge in [0.15, 0.2) is 0 Å². The van der Waals surface area contributed by atoms with Crippen molar-refractivity contribution in [3.63, 3.8) is 0 Å². The number of benzene rings is 1. The quantitative estimate of drug-likeness (QED) is 0.350. The zero-order valence-corrected chi connectivity index (χ0v) is 13.0. The molecule has 17 heavy (non-hydrogen) atoms. The average Bonchev–Trinajstić information content (AvgIpc) is 2.32. The third kappa shape index (κ3) is 4.95. The number of nitrogens with zero attached hydrogens (tertiary/aromatic N) is 1. The van der Waals surface area contributed by atoms with Crippen molar-refractivity contribution in [3.05, 3.63) is 40.5 Å². The van der Waals surface area contributed by atoms with Crippen LogP contribution in [0, 0.1) is 10.1 Å². The molecular weight excluding hydrogens is 351 g/mol. The van der Waals surface area contributed by atoms with Crippen molar-refractivity contribution in [2.45, 2.75) is 20.8 Å². The highest BCUT2D eigenvalue weighted by Crippen LogP contribution is 2.30. The Labute approximate surface area is 118 Å². The number of non-ortho nitro benzene ring substituents is 1. The largest absolute Gasteiger partial charge is 0.320 e. The highest BCUT2D eigenvalue weighted by molar-refractivity contribution is 14.2. The van der Waals surface area contributed by atoms with E-state index in [-0.39, 0.29) is 5.69 Å². The highest BCUT2D eigenvalue weighted by atomic mass is 127. The number of rotatable bonds is 4. The summed E-state index contributed by atoms with van der Waals surface area (Å²) < 4.78 is 3.04. The second-order valence-corrected chi connectivity index (χ2v) is 4.63. The van der Waals surface area contributed by atoms with E-state index in [4.69, 9.17) is 0 Å². The molecule has 1 N–H and O–H groups in total. The fourth-order valence-electron chi connectivity index (χ4n) is 1.13. The van der Waals surface area contributed by atoms with Crippen molar-refractivity contribution in [1.82, 2.24) is 0 Å². The Kier molecular flexibility index (Phi) is 7.98. The molecule has 0 bridgehead atoms. The van der Waals surface area contributed by atoms with Crippen LogP contribution in [-0.2, 0) is 0 Å². The van der Waals surface area contributed by atoms with Crippen LogP contribution in [0.25, 0.3) is 5.57 Å². The molecule has 4 nitrogen and oxygen atoms in total. The van der Waals surface area contributed by atoms with Gasteiger partial charge >= 0.3 is 0 Å². The van der Waals surface area contributed by atoms with Crippen molar-refractivity contribution in [2.75, 3.05) is 4.72 Å². The average molecular weight is 366 g/mol. The van der Waals surface area contributed by atoms with Crippen LogP contribution in [0.4, 0.5) is 11.4 Å². The Morgan fingerprint density at radius 2 is 2.12 bits per heavy atom. The summed E-state index contributed by atoms with van der Waals surface area (Å²) in [6, 6.07) is 4.69. The molecule has 1 aromatic carbocycles. The van der Waals surface area contributed by atoms with Gasteiger partial charge < -0.3 is 4.72 Å². The third-order valence-corrected chi connectivity index (χ3v) is 2.78. The van der Waals surface area contributed by atoms with E-state index in [0.29, 0.717) is 0 Å². The van der Waals surface area contributed by atoms with Crippen LogP contribution in [0.15, 0.2) is 24.8 Å². The minimum Gasteiger partial charge on any atom is -0.320 e. The predicted molar refractivity (Wildman–Crippen MR) is 84.4 cm³/mol. The van der Waals surface area contributed by atoms with E-state index in [2.05, 4.69) is 32.5 Å². The molecule has 1 rings (SSSR count). The van der Waals surface area contributed by atoms with Gasteiger partial charge in [-0.2, -0.15) is 0 Å². The number of hydrogen-bond acceptors (Lipinski definition) is 4. The van der Waals surface area contributed by atoms with Crippen LogP contribution < -0.4 is 4.72 Å². The lowest BCUT2D eigenvalue weighted by Gasteiger charge is -2.08. The van der Waals surface area contributed by atoms with Crippen LogP contribution in [0.5, 0.6) is 0 Å². The molecule has 0 aliphatic carbocycles. The van der Waals surface area contributed by atoms with E-state index < -0.39 is 4.92 Å². The Morgan fingerprint density at radius 1 is 1.53 bits per heavy atom. The number of nitro benzene ring substituents is 1.